The molecule has 3 aromatic heterocycles. The van der Waals surface area contributed by atoms with Crippen molar-refractivity contribution in [2.75, 3.05) is 0 Å². The Bertz CT molecular complexity index is 2080. The van der Waals surface area contributed by atoms with E-state index >= 15 is 0 Å². The second-order valence-corrected chi connectivity index (χ2v) is 9.11. The summed E-state index contributed by atoms with van der Waals surface area (Å²) in [6, 6.07) is 42.3. The van der Waals surface area contributed by atoms with E-state index in [0.717, 1.165) is 66.6 Å². The highest BCUT2D eigenvalue weighted by molar-refractivity contribution is 6.12. The Morgan fingerprint density at radius 2 is 0.889 bits per heavy atom. The van der Waals surface area contributed by atoms with Gasteiger partial charge in [0.1, 0.15) is 11.6 Å². The first-order valence-electron chi connectivity index (χ1n) is 12.1. The Morgan fingerprint density at radius 1 is 0.389 bits per heavy atom. The Kier molecular flexibility index (Phi) is 3.91. The molecule has 0 aliphatic heterocycles. The van der Waals surface area contributed by atoms with Crippen LogP contribution in [0.1, 0.15) is 0 Å². The smallest absolute Gasteiger partial charge is 0.145 e. The number of imidazole rings is 2. The summed E-state index contributed by atoms with van der Waals surface area (Å²) in [4.78, 5) is 10.3. The monoisotopic (exact) mass is 460 g/mol. The zero-order chi connectivity index (χ0) is 23.6. The summed E-state index contributed by atoms with van der Waals surface area (Å²) in [5, 5.41) is 2.32. The molecule has 4 nitrogen and oxygen atoms in total. The molecule has 0 fully saturated rings. The van der Waals surface area contributed by atoms with Gasteiger partial charge in [0, 0.05) is 21.9 Å². The summed E-state index contributed by atoms with van der Waals surface area (Å²) < 4.78 is 4.65. The Morgan fingerprint density at radius 3 is 1.58 bits per heavy atom. The molecule has 0 radical (unpaired) electrons. The second kappa shape index (κ2) is 7.27. The average molecular weight is 461 g/mol. The molecule has 0 atom stereocenters. The molecule has 36 heavy (non-hydrogen) atoms. The normalized spacial score (nSPS) is 11.9. The lowest BCUT2D eigenvalue weighted by molar-refractivity contribution is 1.20. The van der Waals surface area contributed by atoms with Gasteiger partial charge >= 0.3 is 0 Å². The number of nitrogens with zero attached hydrogens (tertiary/aromatic N) is 4. The molecule has 0 spiro atoms. The van der Waals surface area contributed by atoms with Gasteiger partial charge in [-0.3, -0.25) is 8.80 Å². The molecule has 4 heteroatoms. The van der Waals surface area contributed by atoms with Crippen LogP contribution in [0, 0.1) is 0 Å². The van der Waals surface area contributed by atoms with Crippen molar-refractivity contribution < 1.29 is 0 Å². The first kappa shape index (κ1) is 19.4. The predicted molar refractivity (Wildman–Crippen MR) is 147 cm³/mol. The maximum atomic E-state index is 5.18. The van der Waals surface area contributed by atoms with Gasteiger partial charge in [-0.05, 0) is 24.3 Å². The highest BCUT2D eigenvalue weighted by atomic mass is 15.1. The molecule has 0 aliphatic rings. The summed E-state index contributed by atoms with van der Waals surface area (Å²) in [5.74, 6) is 1.86. The summed E-state index contributed by atoms with van der Waals surface area (Å²) in [6.45, 7) is 0. The fourth-order valence-electron chi connectivity index (χ4n) is 5.56. The van der Waals surface area contributed by atoms with Crippen LogP contribution in [0.5, 0.6) is 0 Å². The number of hydrogen-bond acceptors (Lipinski definition) is 2. The van der Waals surface area contributed by atoms with Gasteiger partial charge in [0.05, 0.1) is 33.1 Å². The molecule has 0 saturated heterocycles. The quantitative estimate of drug-likeness (QED) is 0.264. The molecular formula is C32H20N4. The SMILES string of the molecule is c1ccc(-c2nc3cccc4c5ccccc5n5c(-c6ccccc6)nc6cccc(c65)n2c34)cc1. The van der Waals surface area contributed by atoms with Crippen molar-refractivity contribution in [2.24, 2.45) is 0 Å². The summed E-state index contributed by atoms with van der Waals surface area (Å²) in [5.41, 5.74) is 8.50. The van der Waals surface area contributed by atoms with Gasteiger partial charge in [-0.2, -0.15) is 0 Å². The van der Waals surface area contributed by atoms with Crippen LogP contribution in [-0.2, 0) is 0 Å². The molecular weight excluding hydrogens is 440 g/mol. The van der Waals surface area contributed by atoms with Crippen LogP contribution >= 0.6 is 0 Å². The van der Waals surface area contributed by atoms with Crippen molar-refractivity contribution in [3.05, 3.63) is 121 Å². The van der Waals surface area contributed by atoms with E-state index in [4.69, 9.17) is 9.97 Å². The van der Waals surface area contributed by atoms with Gasteiger partial charge in [-0.25, -0.2) is 9.97 Å². The van der Waals surface area contributed by atoms with Crippen molar-refractivity contribution in [1.29, 1.82) is 0 Å². The van der Waals surface area contributed by atoms with Crippen LogP contribution in [0.15, 0.2) is 121 Å². The zero-order valence-electron chi connectivity index (χ0n) is 19.3. The third kappa shape index (κ3) is 2.58. The van der Waals surface area contributed by atoms with E-state index in [1.165, 1.54) is 0 Å². The number of hydrogen-bond donors (Lipinski definition) is 0. The molecule has 8 rings (SSSR count). The summed E-state index contributed by atoms with van der Waals surface area (Å²) in [6.07, 6.45) is 0. The minimum Gasteiger partial charge on any atom is -0.290 e. The highest BCUT2D eigenvalue weighted by Crippen LogP contribution is 2.37. The van der Waals surface area contributed by atoms with Crippen LogP contribution in [0.25, 0.3) is 66.6 Å². The van der Waals surface area contributed by atoms with Gasteiger partial charge in [0.25, 0.3) is 0 Å². The second-order valence-electron chi connectivity index (χ2n) is 9.11. The first-order chi connectivity index (χ1) is 17.9. The lowest BCUT2D eigenvalue weighted by Gasteiger charge is -2.11. The fraction of sp³-hybridized carbons (Fsp3) is 0. The molecule has 168 valence electrons. The molecule has 0 N–H and O–H groups in total. The molecule has 8 aromatic rings. The minimum atomic E-state index is 0.930. The minimum absolute atomic E-state index is 0.930. The topological polar surface area (TPSA) is 34.6 Å². The maximum Gasteiger partial charge on any atom is 0.145 e. The molecule has 0 saturated carbocycles. The van der Waals surface area contributed by atoms with Crippen LogP contribution in [-0.4, -0.2) is 18.8 Å². The van der Waals surface area contributed by atoms with E-state index in [1.54, 1.807) is 0 Å². The average Bonchev–Trinajstić information content (AvgIpc) is 3.52. The van der Waals surface area contributed by atoms with Gasteiger partial charge in [0.2, 0.25) is 0 Å². The molecule has 0 unspecified atom stereocenters. The van der Waals surface area contributed by atoms with Crippen LogP contribution in [0.4, 0.5) is 0 Å². The Balaban J connectivity index is 1.74. The van der Waals surface area contributed by atoms with Gasteiger partial charge < -0.3 is 0 Å². The van der Waals surface area contributed by atoms with Gasteiger partial charge in [-0.1, -0.05) is 97.1 Å². The van der Waals surface area contributed by atoms with Crippen molar-refractivity contribution in [3.8, 4) is 22.8 Å². The Hall–Kier alpha value is -4.96. The van der Waals surface area contributed by atoms with Gasteiger partial charge in [0.15, 0.2) is 0 Å². The summed E-state index contributed by atoms with van der Waals surface area (Å²) in [7, 11) is 0. The zero-order valence-corrected chi connectivity index (χ0v) is 19.3. The lowest BCUT2D eigenvalue weighted by atomic mass is 10.1. The molecule has 0 aliphatic carbocycles. The lowest BCUT2D eigenvalue weighted by Crippen LogP contribution is -1.97. The van der Waals surface area contributed by atoms with E-state index < -0.39 is 0 Å². The van der Waals surface area contributed by atoms with Crippen molar-refractivity contribution in [3.63, 3.8) is 0 Å². The number of para-hydroxylation sites is 3. The third-order valence-electron chi connectivity index (χ3n) is 7.07. The van der Waals surface area contributed by atoms with Crippen molar-refractivity contribution in [2.45, 2.75) is 0 Å². The van der Waals surface area contributed by atoms with Crippen LogP contribution < -0.4 is 0 Å². The van der Waals surface area contributed by atoms with Gasteiger partial charge in [-0.15, -0.1) is 0 Å². The molecule has 5 aromatic carbocycles. The van der Waals surface area contributed by atoms with E-state index in [-0.39, 0.29) is 0 Å². The highest BCUT2D eigenvalue weighted by Gasteiger charge is 2.20. The largest absolute Gasteiger partial charge is 0.290 e. The Labute approximate surface area is 206 Å². The first-order valence-corrected chi connectivity index (χ1v) is 12.1. The van der Waals surface area contributed by atoms with Crippen LogP contribution in [0.2, 0.25) is 0 Å². The number of fused-ring (bicyclic) bond motifs is 4. The third-order valence-corrected chi connectivity index (χ3v) is 7.07. The standard InChI is InChI=1S/C32H20N4/c1-3-11-21(12-4-1)31-34-26-18-10-20-28-30(26)35(31)27-19-8-7-15-23(27)24-16-9-17-25-29(24)36(28)32(33-25)22-13-5-2-6-14-22/h1-20H. The predicted octanol–water partition coefficient (Wildman–Crippen LogP) is 7.78. The number of aromatic nitrogens is 4. The van der Waals surface area contributed by atoms with Crippen molar-refractivity contribution in [1.82, 2.24) is 18.8 Å². The van der Waals surface area contributed by atoms with E-state index in [9.17, 15) is 0 Å². The van der Waals surface area contributed by atoms with E-state index in [1.807, 2.05) is 12.1 Å². The molecule has 3 heterocycles. The number of rotatable bonds is 2. The number of benzene rings is 5. The van der Waals surface area contributed by atoms with E-state index in [0.29, 0.717) is 0 Å². The molecule has 0 amide bonds. The van der Waals surface area contributed by atoms with Crippen molar-refractivity contribution >= 4 is 43.9 Å². The molecule has 0 bridgehead atoms. The summed E-state index contributed by atoms with van der Waals surface area (Å²) >= 11 is 0. The van der Waals surface area contributed by atoms with E-state index in [2.05, 4.69) is 118 Å². The maximum absolute atomic E-state index is 5.18. The fourth-order valence-corrected chi connectivity index (χ4v) is 5.56. The van der Waals surface area contributed by atoms with Crippen LogP contribution in [0.3, 0.4) is 0 Å².